The first-order valence-corrected chi connectivity index (χ1v) is 10.4. The molecule has 4 heterocycles. The van der Waals surface area contributed by atoms with E-state index in [-0.39, 0.29) is 15.3 Å². The van der Waals surface area contributed by atoms with Gasteiger partial charge in [0.1, 0.15) is 9.75 Å². The largest absolute Gasteiger partial charge is 0.481 e. The number of hydrogen-bond acceptors (Lipinski definition) is 7. The molecule has 0 bridgehead atoms. The van der Waals surface area contributed by atoms with Crippen molar-refractivity contribution in [1.82, 2.24) is 9.97 Å². The van der Waals surface area contributed by atoms with E-state index in [0.29, 0.717) is 37.9 Å². The third-order valence-corrected chi connectivity index (χ3v) is 6.76. The van der Waals surface area contributed by atoms with E-state index < -0.39 is 11.9 Å². The summed E-state index contributed by atoms with van der Waals surface area (Å²) in [7, 11) is 1.48. The second kappa shape index (κ2) is 8.17. The maximum atomic E-state index is 11.8. The Hall–Kier alpha value is -3.76. The number of carbonyl (C=O) groups is 2. The molecule has 0 radical (unpaired) electrons. The van der Waals surface area contributed by atoms with Crippen molar-refractivity contribution in [2.45, 2.75) is 0 Å². The Balaban J connectivity index is 2.00. The van der Waals surface area contributed by atoms with Crippen LogP contribution in [0.2, 0.25) is 0 Å². The van der Waals surface area contributed by atoms with Crippen LogP contribution in [-0.2, 0) is 0 Å². The van der Waals surface area contributed by atoms with Crippen LogP contribution >= 0.6 is 22.7 Å². The molecule has 4 rings (SSSR count). The van der Waals surface area contributed by atoms with E-state index in [1.807, 2.05) is 0 Å². The molecule has 156 valence electrons. The molecule has 0 unspecified atom stereocenters. The van der Waals surface area contributed by atoms with Crippen LogP contribution in [0.1, 0.15) is 19.3 Å². The fourth-order valence-electron chi connectivity index (χ4n) is 3.07. The highest BCUT2D eigenvalue weighted by Gasteiger charge is 2.23. The van der Waals surface area contributed by atoms with Crippen molar-refractivity contribution in [2.75, 3.05) is 7.11 Å². The molecule has 3 N–H and O–H groups in total. The number of nitrogens with zero attached hydrogens (tertiary/aromatic N) is 1. The Morgan fingerprint density at radius 2 is 1.52 bits per heavy atom. The second-order valence-corrected chi connectivity index (χ2v) is 8.45. The SMILES string of the molecule is COc1cc(-c2sc(C(=O)O)cc2-c2cc(C(=O)O)sc2-c2cc[nH]c(=O)c2)ccn1. The number of carboxylic acid groups (broad SMARTS) is 2. The molecule has 0 saturated heterocycles. The maximum Gasteiger partial charge on any atom is 0.345 e. The van der Waals surface area contributed by atoms with Crippen LogP contribution in [0.3, 0.4) is 0 Å². The summed E-state index contributed by atoms with van der Waals surface area (Å²) in [5.74, 6) is -1.84. The number of thiophene rings is 2. The maximum absolute atomic E-state index is 11.8. The molecule has 8 nitrogen and oxygen atoms in total. The van der Waals surface area contributed by atoms with Gasteiger partial charge in [0.25, 0.3) is 0 Å². The lowest BCUT2D eigenvalue weighted by atomic mass is 10.0. The molecule has 0 aliphatic rings. The number of aromatic nitrogens is 2. The van der Waals surface area contributed by atoms with Gasteiger partial charge < -0.3 is 19.9 Å². The molecule has 0 aromatic carbocycles. The number of methoxy groups -OCH3 is 1. The first kappa shape index (κ1) is 20.5. The highest BCUT2D eigenvalue weighted by atomic mass is 32.1. The van der Waals surface area contributed by atoms with Gasteiger partial charge in [-0.3, -0.25) is 4.79 Å². The molecule has 4 aromatic heterocycles. The number of pyridine rings is 2. The Morgan fingerprint density at radius 1 is 0.935 bits per heavy atom. The summed E-state index contributed by atoms with van der Waals surface area (Å²) in [5.41, 5.74) is 1.97. The lowest BCUT2D eigenvalue weighted by Crippen LogP contribution is -2.01. The molecular weight excluding hydrogens is 440 g/mol. The van der Waals surface area contributed by atoms with Crippen molar-refractivity contribution < 1.29 is 24.5 Å². The molecular formula is C21H14N2O6S2. The predicted octanol–water partition coefficient (Wildman–Crippen LogP) is 4.30. The van der Waals surface area contributed by atoms with Crippen molar-refractivity contribution in [3.05, 3.63) is 68.9 Å². The number of nitrogens with one attached hydrogen (secondary N) is 1. The van der Waals surface area contributed by atoms with E-state index in [9.17, 15) is 24.6 Å². The minimum absolute atomic E-state index is 0.0756. The van der Waals surface area contributed by atoms with E-state index in [0.717, 1.165) is 22.7 Å². The number of H-pyrrole nitrogens is 1. The molecule has 31 heavy (non-hydrogen) atoms. The van der Waals surface area contributed by atoms with Crippen LogP contribution < -0.4 is 10.3 Å². The van der Waals surface area contributed by atoms with Crippen LogP contribution in [0.15, 0.2) is 53.6 Å². The van der Waals surface area contributed by atoms with Crippen molar-refractivity contribution in [1.29, 1.82) is 0 Å². The minimum Gasteiger partial charge on any atom is -0.481 e. The van der Waals surface area contributed by atoms with Gasteiger partial charge in [0.2, 0.25) is 11.4 Å². The van der Waals surface area contributed by atoms with E-state index in [1.165, 1.54) is 31.5 Å². The van der Waals surface area contributed by atoms with E-state index in [2.05, 4.69) is 9.97 Å². The quantitative estimate of drug-likeness (QED) is 0.396. The Labute approximate surface area is 183 Å². The zero-order valence-corrected chi connectivity index (χ0v) is 17.5. The summed E-state index contributed by atoms with van der Waals surface area (Å²) in [6.45, 7) is 0. The molecule has 0 aliphatic heterocycles. The second-order valence-electron chi connectivity index (χ2n) is 6.35. The molecule has 0 saturated carbocycles. The Kier molecular flexibility index (Phi) is 5.40. The van der Waals surface area contributed by atoms with Gasteiger partial charge in [-0.15, -0.1) is 22.7 Å². The van der Waals surface area contributed by atoms with E-state index >= 15 is 0 Å². The Morgan fingerprint density at radius 3 is 2.03 bits per heavy atom. The lowest BCUT2D eigenvalue weighted by molar-refractivity contribution is 0.0691. The smallest absolute Gasteiger partial charge is 0.345 e. The van der Waals surface area contributed by atoms with Gasteiger partial charge in [-0.25, -0.2) is 14.6 Å². The number of hydrogen-bond donors (Lipinski definition) is 3. The van der Waals surface area contributed by atoms with Gasteiger partial charge in [0.15, 0.2) is 0 Å². The number of rotatable bonds is 6. The molecule has 0 spiro atoms. The van der Waals surface area contributed by atoms with Crippen molar-refractivity contribution in [3.8, 4) is 37.9 Å². The number of carboxylic acids is 2. The summed E-state index contributed by atoms with van der Waals surface area (Å²) in [5, 5.41) is 19.1. The molecule has 0 fully saturated rings. The predicted molar refractivity (Wildman–Crippen MR) is 117 cm³/mol. The first-order chi connectivity index (χ1) is 14.9. The molecule has 0 aliphatic carbocycles. The van der Waals surface area contributed by atoms with Gasteiger partial charge in [0, 0.05) is 45.4 Å². The van der Waals surface area contributed by atoms with Gasteiger partial charge in [-0.05, 0) is 35.4 Å². The summed E-state index contributed by atoms with van der Waals surface area (Å²) < 4.78 is 5.18. The van der Waals surface area contributed by atoms with Crippen molar-refractivity contribution >= 4 is 34.6 Å². The average Bonchev–Trinajstić information content (AvgIpc) is 3.39. The van der Waals surface area contributed by atoms with Crippen molar-refractivity contribution in [2.24, 2.45) is 0 Å². The monoisotopic (exact) mass is 454 g/mol. The topological polar surface area (TPSA) is 130 Å². The normalized spacial score (nSPS) is 10.7. The first-order valence-electron chi connectivity index (χ1n) is 8.81. The van der Waals surface area contributed by atoms with E-state index in [1.54, 1.807) is 24.4 Å². The molecule has 0 atom stereocenters. The highest BCUT2D eigenvalue weighted by Crippen LogP contribution is 2.46. The molecule has 0 amide bonds. The summed E-state index contributed by atoms with van der Waals surface area (Å²) in [6, 6.07) is 9.46. The average molecular weight is 454 g/mol. The third kappa shape index (κ3) is 3.98. The van der Waals surface area contributed by atoms with Gasteiger partial charge in [0.05, 0.1) is 7.11 Å². The molecule has 10 heteroatoms. The fourth-order valence-corrected chi connectivity index (χ4v) is 5.09. The van der Waals surface area contributed by atoms with Gasteiger partial charge in [-0.2, -0.15) is 0 Å². The number of aromatic carboxylic acids is 2. The molecule has 4 aromatic rings. The van der Waals surface area contributed by atoms with Crippen LogP contribution in [-0.4, -0.2) is 39.2 Å². The van der Waals surface area contributed by atoms with Crippen LogP contribution in [0.4, 0.5) is 0 Å². The van der Waals surface area contributed by atoms with Crippen LogP contribution in [0.5, 0.6) is 5.88 Å². The van der Waals surface area contributed by atoms with Crippen molar-refractivity contribution in [3.63, 3.8) is 0 Å². The minimum atomic E-state index is -1.11. The zero-order chi connectivity index (χ0) is 22.1. The van der Waals surface area contributed by atoms with Gasteiger partial charge in [-0.1, -0.05) is 0 Å². The zero-order valence-electron chi connectivity index (χ0n) is 15.9. The summed E-state index contributed by atoms with van der Waals surface area (Å²) in [6.07, 6.45) is 3.03. The fraction of sp³-hybridized carbons (Fsp3) is 0.0476. The van der Waals surface area contributed by atoms with Crippen LogP contribution in [0.25, 0.3) is 32.0 Å². The van der Waals surface area contributed by atoms with Crippen LogP contribution in [0, 0.1) is 0 Å². The Bertz CT molecular complexity index is 1370. The number of aromatic amines is 1. The third-order valence-electron chi connectivity index (χ3n) is 4.42. The van der Waals surface area contributed by atoms with E-state index in [4.69, 9.17) is 4.74 Å². The summed E-state index contributed by atoms with van der Waals surface area (Å²) in [4.78, 5) is 43.2. The standard InChI is InChI=1S/C21H14N2O6S2/c1-29-17-7-11(3-5-23-17)19-13(9-15(31-19)21(27)28)12-8-14(20(25)26)30-18(12)10-2-4-22-16(24)6-10/h2-9H,1H3,(H,22,24)(H,25,26)(H,27,28). The van der Waals surface area contributed by atoms with Gasteiger partial charge >= 0.3 is 11.9 Å². The summed E-state index contributed by atoms with van der Waals surface area (Å²) >= 11 is 2.09. The number of ether oxygens (including phenoxy) is 1. The highest BCUT2D eigenvalue weighted by molar-refractivity contribution is 7.19. The lowest BCUT2D eigenvalue weighted by Gasteiger charge is -2.07.